The summed E-state index contributed by atoms with van der Waals surface area (Å²) in [5.41, 5.74) is 19.6. The van der Waals surface area contributed by atoms with Crippen LogP contribution in [-0.4, -0.2) is 78.0 Å². The van der Waals surface area contributed by atoms with Gasteiger partial charge in [-0.3, -0.25) is 9.80 Å². The highest BCUT2D eigenvalue weighted by molar-refractivity contribution is 6.30. The first-order chi connectivity index (χ1) is 25.2. The summed E-state index contributed by atoms with van der Waals surface area (Å²) in [4.78, 5) is 29.2. The van der Waals surface area contributed by atoms with Crippen molar-refractivity contribution in [2.24, 2.45) is 23.3 Å². The van der Waals surface area contributed by atoms with Crippen LogP contribution in [0.2, 0.25) is 5.02 Å². The Labute approximate surface area is 309 Å². The van der Waals surface area contributed by atoms with Crippen LogP contribution in [0.15, 0.2) is 73.6 Å². The molecule has 6 heterocycles. The lowest BCUT2D eigenvalue weighted by Crippen LogP contribution is -2.45. The molecule has 0 spiro atoms. The molecule has 52 heavy (non-hydrogen) atoms. The van der Waals surface area contributed by atoms with Gasteiger partial charge in [0.15, 0.2) is 0 Å². The number of likely N-dealkylation sites (tertiary alicyclic amines) is 2. The Morgan fingerprint density at radius 3 is 1.58 bits per heavy atom. The minimum atomic E-state index is 0.305. The van der Waals surface area contributed by atoms with E-state index in [0.29, 0.717) is 28.9 Å². The van der Waals surface area contributed by atoms with E-state index in [0.717, 1.165) is 97.2 Å². The van der Waals surface area contributed by atoms with Gasteiger partial charge in [0, 0.05) is 67.1 Å². The number of nitrogens with one attached hydrogen (secondary N) is 4. The zero-order valence-electron chi connectivity index (χ0n) is 30.1. The summed E-state index contributed by atoms with van der Waals surface area (Å²) in [6, 6.07) is 16.6. The number of rotatable bonds is 8. The van der Waals surface area contributed by atoms with Crippen LogP contribution in [0.4, 0.5) is 23.0 Å². The quantitative estimate of drug-likeness (QED) is 0.0996. The van der Waals surface area contributed by atoms with Gasteiger partial charge in [-0.1, -0.05) is 43.1 Å². The second kappa shape index (κ2) is 16.0. The molecule has 12 nitrogen and oxygen atoms in total. The fourth-order valence-electron chi connectivity index (χ4n) is 7.21. The summed E-state index contributed by atoms with van der Waals surface area (Å²) in [6.45, 7) is 12.4. The van der Waals surface area contributed by atoms with Crippen molar-refractivity contribution < 1.29 is 0 Å². The fourth-order valence-corrected chi connectivity index (χ4v) is 7.33. The first-order valence-corrected chi connectivity index (χ1v) is 18.5. The minimum Gasteiger partial charge on any atom is -0.346 e. The zero-order chi connectivity index (χ0) is 36.2. The number of hydrogen-bond acceptors (Lipinski definition) is 10. The summed E-state index contributed by atoms with van der Waals surface area (Å²) in [5.74, 6) is 2.68. The Morgan fingerprint density at radius 2 is 1.13 bits per heavy atom. The number of fused-ring (bicyclic) bond motifs is 2. The maximum atomic E-state index is 6.16. The number of aromatic nitrogens is 6. The first-order valence-electron chi connectivity index (χ1n) is 18.1. The lowest BCUT2D eigenvalue weighted by Gasteiger charge is -2.34. The van der Waals surface area contributed by atoms with Crippen LogP contribution in [0.5, 0.6) is 0 Å². The van der Waals surface area contributed by atoms with Crippen molar-refractivity contribution in [2.75, 3.05) is 36.8 Å². The zero-order valence-corrected chi connectivity index (χ0v) is 30.9. The maximum absolute atomic E-state index is 6.16. The molecule has 2 aliphatic rings. The number of nitrogens with zero attached hydrogens (tertiary/aromatic N) is 6. The molecule has 8 rings (SSSR count). The molecule has 6 aromatic rings. The predicted octanol–water partition coefficient (Wildman–Crippen LogP) is 6.70. The van der Waals surface area contributed by atoms with Gasteiger partial charge in [-0.2, -0.15) is 0 Å². The molecule has 0 unspecified atom stereocenters. The van der Waals surface area contributed by atoms with Crippen LogP contribution in [0, 0.1) is 18.8 Å². The molecule has 2 saturated heterocycles. The standard InChI is InChI=1S/C20H26N6.C19H23ClN6/c1-13-3-5-16(6-4-13)25-20-18-15(9-22-19(18)23-12-24-20)11-26-8-7-17(21)14(2)10-26;1-12-9-26(7-6-16(12)21)10-13-8-22-18-17(13)19(24-11-23-18)25-15-4-2-14(20)3-5-15/h3-6,9,12,14,17H,7-8,10-11,21H2,1-2H3,(H2,22,23,24,25);2-5,8,11-12,16H,6-7,9-10,21H2,1H3,(H2,22,23,24,25)/t14-,17-;12-,16-/m01/s1. The van der Waals surface area contributed by atoms with Gasteiger partial charge >= 0.3 is 0 Å². The Morgan fingerprint density at radius 1 is 0.692 bits per heavy atom. The third-order valence-electron chi connectivity index (χ3n) is 10.4. The molecular formula is C39H49ClN12. The van der Waals surface area contributed by atoms with E-state index in [1.54, 1.807) is 12.7 Å². The van der Waals surface area contributed by atoms with Crippen LogP contribution in [0.1, 0.15) is 43.4 Å². The van der Waals surface area contributed by atoms with Gasteiger partial charge in [-0.15, -0.1) is 0 Å². The van der Waals surface area contributed by atoms with Crippen molar-refractivity contribution in [3.05, 3.63) is 95.3 Å². The normalized spacial score (nSPS) is 21.2. The van der Waals surface area contributed by atoms with Gasteiger partial charge in [-0.05, 0) is 92.2 Å². The summed E-state index contributed by atoms with van der Waals surface area (Å²) < 4.78 is 0. The van der Waals surface area contributed by atoms with Crippen molar-refractivity contribution in [2.45, 2.75) is 58.8 Å². The van der Waals surface area contributed by atoms with E-state index in [4.69, 9.17) is 23.1 Å². The second-order valence-electron chi connectivity index (χ2n) is 14.5. The summed E-state index contributed by atoms with van der Waals surface area (Å²) >= 11 is 5.98. The van der Waals surface area contributed by atoms with E-state index in [1.807, 2.05) is 30.5 Å². The summed E-state index contributed by atoms with van der Waals surface area (Å²) in [5, 5.41) is 9.64. The SMILES string of the molecule is C[C@@H]1CN(Cc2c[nH]c3ncnc(Nc4ccc(Cl)cc4)c23)CC[C@H]1N.Cc1ccc(Nc2ncnc3[nH]cc(CN4CC[C@H](N)[C@@H](C)C4)c23)cc1. The maximum Gasteiger partial charge on any atom is 0.143 e. The van der Waals surface area contributed by atoms with Gasteiger partial charge in [0.25, 0.3) is 0 Å². The van der Waals surface area contributed by atoms with E-state index < -0.39 is 0 Å². The van der Waals surface area contributed by atoms with Gasteiger partial charge in [-0.25, -0.2) is 19.9 Å². The smallest absolute Gasteiger partial charge is 0.143 e. The predicted molar refractivity (Wildman–Crippen MR) is 211 cm³/mol. The van der Waals surface area contributed by atoms with Crippen molar-refractivity contribution in [1.82, 2.24) is 39.7 Å². The topological polar surface area (TPSA) is 166 Å². The number of aryl methyl sites for hydroxylation is 1. The van der Waals surface area contributed by atoms with Crippen molar-refractivity contribution in [3.8, 4) is 0 Å². The third kappa shape index (κ3) is 8.38. The van der Waals surface area contributed by atoms with E-state index in [2.05, 4.69) is 102 Å². The first kappa shape index (κ1) is 35.8. The van der Waals surface area contributed by atoms with Crippen LogP contribution < -0.4 is 22.1 Å². The van der Waals surface area contributed by atoms with Crippen LogP contribution in [0.3, 0.4) is 0 Å². The van der Waals surface area contributed by atoms with Gasteiger partial charge < -0.3 is 32.1 Å². The Kier molecular flexibility index (Phi) is 11.0. The Hall–Kier alpha value is -4.59. The number of aromatic amines is 2. The monoisotopic (exact) mass is 720 g/mol. The number of hydrogen-bond donors (Lipinski definition) is 6. The molecule has 4 aromatic heterocycles. The average molecular weight is 721 g/mol. The number of piperidine rings is 2. The molecule has 0 bridgehead atoms. The van der Waals surface area contributed by atoms with Gasteiger partial charge in [0.05, 0.1) is 10.8 Å². The molecule has 2 aromatic carbocycles. The van der Waals surface area contributed by atoms with E-state index in [9.17, 15) is 0 Å². The van der Waals surface area contributed by atoms with Crippen molar-refractivity contribution in [3.63, 3.8) is 0 Å². The molecule has 4 atom stereocenters. The molecule has 2 fully saturated rings. The molecule has 2 aliphatic heterocycles. The number of benzene rings is 2. The third-order valence-corrected chi connectivity index (χ3v) is 10.7. The lowest BCUT2D eigenvalue weighted by molar-refractivity contribution is 0.158. The molecule has 272 valence electrons. The van der Waals surface area contributed by atoms with Gasteiger partial charge in [0.1, 0.15) is 35.6 Å². The highest BCUT2D eigenvalue weighted by Crippen LogP contribution is 2.30. The molecule has 13 heteroatoms. The average Bonchev–Trinajstić information content (AvgIpc) is 3.75. The van der Waals surface area contributed by atoms with E-state index in [-0.39, 0.29) is 0 Å². The van der Waals surface area contributed by atoms with Crippen LogP contribution in [-0.2, 0) is 13.1 Å². The highest BCUT2D eigenvalue weighted by Gasteiger charge is 2.25. The molecule has 0 radical (unpaired) electrons. The molecule has 0 aliphatic carbocycles. The number of anilines is 4. The molecular weight excluding hydrogens is 672 g/mol. The van der Waals surface area contributed by atoms with Crippen LogP contribution in [0.25, 0.3) is 22.1 Å². The van der Waals surface area contributed by atoms with E-state index in [1.165, 1.54) is 16.7 Å². The summed E-state index contributed by atoms with van der Waals surface area (Å²) in [6.07, 6.45) is 9.35. The lowest BCUT2D eigenvalue weighted by atomic mass is 9.94. The fraction of sp³-hybridized carbons (Fsp3) is 0.385. The highest BCUT2D eigenvalue weighted by atomic mass is 35.5. The minimum absolute atomic E-state index is 0.305. The van der Waals surface area contributed by atoms with Crippen molar-refractivity contribution in [1.29, 1.82) is 0 Å². The number of nitrogens with two attached hydrogens (primary N) is 2. The molecule has 0 saturated carbocycles. The second-order valence-corrected chi connectivity index (χ2v) is 14.9. The Balaban J connectivity index is 0.000000162. The summed E-state index contributed by atoms with van der Waals surface area (Å²) in [7, 11) is 0. The largest absolute Gasteiger partial charge is 0.346 e. The molecule has 0 amide bonds. The van der Waals surface area contributed by atoms with Crippen LogP contribution >= 0.6 is 11.6 Å². The van der Waals surface area contributed by atoms with E-state index >= 15 is 0 Å². The number of H-pyrrole nitrogens is 2. The Bertz CT molecular complexity index is 1930. The van der Waals surface area contributed by atoms with Gasteiger partial charge in [0.2, 0.25) is 0 Å². The molecule has 8 N–H and O–H groups in total. The van der Waals surface area contributed by atoms with Crippen molar-refractivity contribution >= 4 is 56.7 Å². The number of halogens is 1.